The molecular formula is C30H44Cl2N4O5. The molecule has 1 heterocycles. The first-order valence-electron chi connectivity index (χ1n) is 15.7. The van der Waals surface area contributed by atoms with Gasteiger partial charge in [0.25, 0.3) is 5.91 Å². The molecule has 0 radical (unpaired) electrons. The molecule has 4 aliphatic carbocycles. The summed E-state index contributed by atoms with van der Waals surface area (Å²) in [6.07, 6.45) is 13.1. The van der Waals surface area contributed by atoms with E-state index in [0.717, 1.165) is 77.0 Å². The Bertz CT molecular complexity index is 1040. The number of hydrogen-bond donors (Lipinski definition) is 3. The molecule has 1 aliphatic heterocycles. The van der Waals surface area contributed by atoms with Crippen LogP contribution in [0.4, 0.5) is 4.79 Å². The number of nitrogens with two attached hydrogens (primary N) is 1. The number of urea groups is 1. The molecule has 1 unspecified atom stereocenters. The van der Waals surface area contributed by atoms with Gasteiger partial charge in [0.1, 0.15) is 10.4 Å². The van der Waals surface area contributed by atoms with Gasteiger partial charge in [-0.1, -0.05) is 57.8 Å². The summed E-state index contributed by atoms with van der Waals surface area (Å²) >= 11 is 13.1. The highest BCUT2D eigenvalue weighted by Gasteiger charge is 2.73. The smallest absolute Gasteiger partial charge is 0.315 e. The third-order valence-electron chi connectivity index (χ3n) is 10.5. The largest absolute Gasteiger partial charge is 0.363 e. The number of nitrogens with one attached hydrogen (secondary N) is 2. The molecule has 5 fully saturated rings. The van der Waals surface area contributed by atoms with E-state index >= 15 is 0 Å². The SMILES string of the molecule is NC(=O)C(=O)C(CC(=O)[C@@H]1[C@@H]2[C@H](CN1C(=O)[C@@H](NC(=O)NC1CCCCC1)C1CCCCC1)C2(Cl)Cl)CC1CCC1. The molecule has 9 nitrogen and oxygen atoms in total. The molecule has 11 heteroatoms. The summed E-state index contributed by atoms with van der Waals surface area (Å²) in [5.41, 5.74) is 5.34. The van der Waals surface area contributed by atoms with Crippen LogP contribution in [0.3, 0.4) is 0 Å². The highest BCUT2D eigenvalue weighted by atomic mass is 35.5. The fourth-order valence-electron chi connectivity index (χ4n) is 7.82. The number of Topliss-reactive ketones (excluding diaryl/α,β-unsaturated/α-hetero) is 2. The molecule has 0 aromatic carbocycles. The fraction of sp³-hybridized carbons (Fsp3) is 0.833. The average molecular weight is 612 g/mol. The van der Waals surface area contributed by atoms with Crippen molar-refractivity contribution < 1.29 is 24.0 Å². The predicted octanol–water partition coefficient (Wildman–Crippen LogP) is 4.02. The second kappa shape index (κ2) is 12.8. The van der Waals surface area contributed by atoms with Gasteiger partial charge in [-0.3, -0.25) is 19.2 Å². The maximum atomic E-state index is 14.2. The first kappa shape index (κ1) is 30.6. The number of carbonyl (C=O) groups is 5. The van der Waals surface area contributed by atoms with Gasteiger partial charge in [0.05, 0.1) is 6.04 Å². The molecule has 5 aliphatic rings. The predicted molar refractivity (Wildman–Crippen MR) is 155 cm³/mol. The Morgan fingerprint density at radius 1 is 0.878 bits per heavy atom. The number of hydrogen-bond acceptors (Lipinski definition) is 5. The summed E-state index contributed by atoms with van der Waals surface area (Å²) in [6.45, 7) is 0.221. The first-order chi connectivity index (χ1) is 19.6. The lowest BCUT2D eigenvalue weighted by Crippen LogP contribution is -2.59. The van der Waals surface area contributed by atoms with Gasteiger partial charge in [0.15, 0.2) is 5.78 Å². The molecule has 0 spiro atoms. The third kappa shape index (κ3) is 6.71. The molecule has 0 bridgehead atoms. The molecule has 228 valence electrons. The van der Waals surface area contributed by atoms with E-state index in [2.05, 4.69) is 10.6 Å². The standard InChI is InChI=1S/C30H44Cl2N4O5/c31-30(32)21-16-36(25(23(21)30)22(37)15-19(26(38)27(33)39)14-17-8-7-9-17)28(40)24(18-10-3-1-4-11-18)35-29(41)34-20-12-5-2-6-13-20/h17-21,23-25H,1-16H2,(H2,33,39)(H2,34,35,41)/t19?,21-,23-,24-,25+/m0/s1. The average Bonchev–Trinajstić information content (AvgIpc) is 3.25. The van der Waals surface area contributed by atoms with Crippen LogP contribution in [0, 0.1) is 29.6 Å². The molecule has 5 atom stereocenters. The minimum absolute atomic E-state index is 0.0272. The van der Waals surface area contributed by atoms with E-state index in [4.69, 9.17) is 28.9 Å². The minimum Gasteiger partial charge on any atom is -0.363 e. The van der Waals surface area contributed by atoms with Gasteiger partial charge < -0.3 is 21.3 Å². The summed E-state index contributed by atoms with van der Waals surface area (Å²) in [5, 5.41) is 6.07. The zero-order chi connectivity index (χ0) is 29.3. The second-order valence-electron chi connectivity index (χ2n) is 13.2. The number of carbonyl (C=O) groups excluding carboxylic acids is 5. The number of piperidine rings is 1. The zero-order valence-electron chi connectivity index (χ0n) is 23.8. The molecule has 4 saturated carbocycles. The van der Waals surface area contributed by atoms with Crippen LogP contribution >= 0.6 is 23.2 Å². The van der Waals surface area contributed by atoms with Crippen molar-refractivity contribution >= 4 is 52.6 Å². The van der Waals surface area contributed by atoms with Gasteiger partial charge in [-0.25, -0.2) is 4.79 Å². The molecule has 0 aromatic rings. The van der Waals surface area contributed by atoms with Crippen LogP contribution in [0.15, 0.2) is 0 Å². The van der Waals surface area contributed by atoms with Crippen LogP contribution in [0.25, 0.3) is 0 Å². The number of nitrogens with zero attached hydrogens (tertiary/aromatic N) is 1. The van der Waals surface area contributed by atoms with Gasteiger partial charge in [0.2, 0.25) is 11.7 Å². The van der Waals surface area contributed by atoms with Crippen LogP contribution in [0.2, 0.25) is 0 Å². The van der Waals surface area contributed by atoms with E-state index in [-0.39, 0.29) is 54.5 Å². The summed E-state index contributed by atoms with van der Waals surface area (Å²) in [5.74, 6) is -3.65. The molecule has 4 N–H and O–H groups in total. The first-order valence-corrected chi connectivity index (χ1v) is 16.4. The second-order valence-corrected chi connectivity index (χ2v) is 14.6. The zero-order valence-corrected chi connectivity index (χ0v) is 25.3. The van der Waals surface area contributed by atoms with Crippen molar-refractivity contribution in [3.8, 4) is 0 Å². The lowest BCUT2D eigenvalue weighted by Gasteiger charge is -2.37. The van der Waals surface area contributed by atoms with E-state index in [0.29, 0.717) is 6.42 Å². The number of amides is 4. The van der Waals surface area contributed by atoms with Gasteiger partial charge >= 0.3 is 6.03 Å². The highest BCUT2D eigenvalue weighted by Crippen LogP contribution is 2.65. The topological polar surface area (TPSA) is 139 Å². The van der Waals surface area contributed by atoms with Gasteiger partial charge in [-0.2, -0.15) is 0 Å². The van der Waals surface area contributed by atoms with E-state index < -0.39 is 39.9 Å². The Hall–Kier alpha value is -1.87. The fourth-order valence-corrected chi connectivity index (χ4v) is 8.65. The number of fused-ring (bicyclic) bond motifs is 1. The van der Waals surface area contributed by atoms with Gasteiger partial charge in [-0.05, 0) is 43.9 Å². The molecule has 0 aromatic heterocycles. The van der Waals surface area contributed by atoms with Crippen molar-refractivity contribution in [1.82, 2.24) is 15.5 Å². The summed E-state index contributed by atoms with van der Waals surface area (Å²) < 4.78 is -1.12. The minimum atomic E-state index is -1.12. The molecule has 1 saturated heterocycles. The highest BCUT2D eigenvalue weighted by molar-refractivity contribution is 6.51. The van der Waals surface area contributed by atoms with Crippen molar-refractivity contribution in [2.45, 2.75) is 119 Å². The molecular weight excluding hydrogens is 567 g/mol. The quantitative estimate of drug-likeness (QED) is 0.239. The lowest BCUT2D eigenvalue weighted by molar-refractivity contribution is -0.143. The Morgan fingerprint density at radius 3 is 2.10 bits per heavy atom. The maximum Gasteiger partial charge on any atom is 0.315 e. The van der Waals surface area contributed by atoms with Crippen molar-refractivity contribution in [1.29, 1.82) is 0 Å². The maximum absolute atomic E-state index is 14.2. The number of alkyl halides is 2. The third-order valence-corrected chi connectivity index (χ3v) is 11.5. The monoisotopic (exact) mass is 610 g/mol. The van der Waals surface area contributed by atoms with Crippen LogP contribution in [-0.4, -0.2) is 63.3 Å². The van der Waals surface area contributed by atoms with E-state index in [1.54, 1.807) is 4.90 Å². The number of ketones is 2. The Balaban J connectivity index is 1.33. The molecule has 5 rings (SSSR count). The van der Waals surface area contributed by atoms with Crippen LogP contribution < -0.4 is 16.4 Å². The van der Waals surface area contributed by atoms with E-state index in [1.807, 2.05) is 0 Å². The summed E-state index contributed by atoms with van der Waals surface area (Å²) in [7, 11) is 0. The number of likely N-dealkylation sites (tertiary alicyclic amines) is 1. The Labute approximate surface area is 252 Å². The van der Waals surface area contributed by atoms with Crippen molar-refractivity contribution in [2.24, 2.45) is 35.3 Å². The van der Waals surface area contributed by atoms with Crippen LogP contribution in [0.5, 0.6) is 0 Å². The van der Waals surface area contributed by atoms with Crippen LogP contribution in [-0.2, 0) is 19.2 Å². The lowest BCUT2D eigenvalue weighted by atomic mass is 9.76. The van der Waals surface area contributed by atoms with Crippen molar-refractivity contribution in [3.63, 3.8) is 0 Å². The number of primary amides is 1. The Kier molecular flexibility index (Phi) is 9.53. The number of rotatable bonds is 11. The summed E-state index contributed by atoms with van der Waals surface area (Å²) in [6, 6.07) is -1.90. The van der Waals surface area contributed by atoms with E-state index in [1.165, 1.54) is 6.42 Å². The van der Waals surface area contributed by atoms with Gasteiger partial charge in [0, 0.05) is 36.8 Å². The molecule has 4 amide bonds. The number of halogens is 2. The van der Waals surface area contributed by atoms with Crippen molar-refractivity contribution in [2.75, 3.05) is 6.54 Å². The van der Waals surface area contributed by atoms with E-state index in [9.17, 15) is 24.0 Å². The molecule has 41 heavy (non-hydrogen) atoms. The van der Waals surface area contributed by atoms with Crippen LogP contribution in [0.1, 0.15) is 96.3 Å². The van der Waals surface area contributed by atoms with Gasteiger partial charge in [-0.15, -0.1) is 23.2 Å². The Morgan fingerprint density at radius 2 is 1.51 bits per heavy atom. The normalized spacial score (nSPS) is 29.5. The summed E-state index contributed by atoms with van der Waals surface area (Å²) in [4.78, 5) is 67.3. The van der Waals surface area contributed by atoms with Crippen molar-refractivity contribution in [3.05, 3.63) is 0 Å².